The van der Waals surface area contributed by atoms with E-state index in [1.165, 1.54) is 0 Å². The number of carbonyl (C=O) groups excluding carboxylic acids is 1. The first-order valence-corrected chi connectivity index (χ1v) is 5.68. The Kier molecular flexibility index (Phi) is 3.13. The summed E-state index contributed by atoms with van der Waals surface area (Å²) >= 11 is 0. The van der Waals surface area contributed by atoms with E-state index < -0.39 is 0 Å². The van der Waals surface area contributed by atoms with Crippen LogP contribution in [0.1, 0.15) is 38.2 Å². The quantitative estimate of drug-likeness (QED) is 0.580. The smallest absolute Gasteiger partial charge is 0.311 e. The average molecular weight is 220 g/mol. The van der Waals surface area contributed by atoms with Crippen molar-refractivity contribution in [2.45, 2.75) is 32.6 Å². The van der Waals surface area contributed by atoms with Crippen molar-refractivity contribution in [1.29, 1.82) is 0 Å². The Balaban J connectivity index is 2.23. The first-order valence-electron chi connectivity index (χ1n) is 5.68. The van der Waals surface area contributed by atoms with Crippen molar-refractivity contribution >= 4 is 5.97 Å². The number of benzene rings is 1. The lowest BCUT2D eigenvalue weighted by Crippen LogP contribution is -2.18. The minimum Gasteiger partial charge on any atom is -0.493 e. The number of rotatable bonds is 3. The van der Waals surface area contributed by atoms with Crippen LogP contribution in [0.4, 0.5) is 0 Å². The summed E-state index contributed by atoms with van der Waals surface area (Å²) in [5.41, 5.74) is 1.09. The molecule has 0 amide bonds. The molecule has 16 heavy (non-hydrogen) atoms. The Morgan fingerprint density at radius 2 is 2.31 bits per heavy atom. The van der Waals surface area contributed by atoms with Crippen molar-refractivity contribution in [2.75, 3.05) is 6.61 Å². The zero-order chi connectivity index (χ0) is 11.5. The van der Waals surface area contributed by atoms with E-state index in [9.17, 15) is 4.79 Å². The highest BCUT2D eigenvalue weighted by atomic mass is 16.5. The highest BCUT2D eigenvalue weighted by molar-refractivity contribution is 5.76. The molecular formula is C13H16O3. The number of esters is 1. The van der Waals surface area contributed by atoms with E-state index in [2.05, 4.69) is 6.92 Å². The molecule has 86 valence electrons. The van der Waals surface area contributed by atoms with Gasteiger partial charge in [0.15, 0.2) is 0 Å². The van der Waals surface area contributed by atoms with Crippen molar-refractivity contribution in [3.05, 3.63) is 23.8 Å². The third kappa shape index (κ3) is 2.18. The van der Waals surface area contributed by atoms with Crippen molar-refractivity contribution in [3.63, 3.8) is 0 Å². The number of hydrogen-bond acceptors (Lipinski definition) is 3. The average Bonchev–Trinajstić information content (AvgIpc) is 2.25. The first kappa shape index (κ1) is 11.0. The van der Waals surface area contributed by atoms with Crippen LogP contribution in [0.25, 0.3) is 0 Å². The summed E-state index contributed by atoms with van der Waals surface area (Å²) in [6.07, 6.45) is 1.43. The molecule has 0 bridgehead atoms. The zero-order valence-electron chi connectivity index (χ0n) is 9.66. The van der Waals surface area contributed by atoms with Gasteiger partial charge in [0.25, 0.3) is 0 Å². The molecule has 1 aromatic carbocycles. The van der Waals surface area contributed by atoms with Crippen LogP contribution in [0.2, 0.25) is 0 Å². The molecule has 3 heteroatoms. The highest BCUT2D eigenvalue weighted by Gasteiger charge is 2.23. The third-order valence-electron chi connectivity index (χ3n) is 2.69. The van der Waals surface area contributed by atoms with E-state index in [0.29, 0.717) is 18.8 Å². The van der Waals surface area contributed by atoms with Gasteiger partial charge in [0, 0.05) is 6.07 Å². The van der Waals surface area contributed by atoms with Gasteiger partial charge < -0.3 is 9.47 Å². The molecule has 0 saturated heterocycles. The summed E-state index contributed by atoms with van der Waals surface area (Å²) in [7, 11) is 0. The third-order valence-corrected chi connectivity index (χ3v) is 2.69. The molecule has 0 N–H and O–H groups in total. The van der Waals surface area contributed by atoms with E-state index in [1.807, 2.05) is 19.1 Å². The van der Waals surface area contributed by atoms with Crippen LogP contribution < -0.4 is 9.47 Å². The van der Waals surface area contributed by atoms with Crippen LogP contribution in [0.3, 0.4) is 0 Å². The minimum absolute atomic E-state index is 0.160. The number of carbonyl (C=O) groups is 1. The Labute approximate surface area is 95.4 Å². The normalized spacial score (nSPS) is 18.9. The molecule has 2 rings (SSSR count). The van der Waals surface area contributed by atoms with Crippen LogP contribution in [-0.2, 0) is 4.79 Å². The van der Waals surface area contributed by atoms with Gasteiger partial charge in [-0.05, 0) is 24.0 Å². The fourth-order valence-corrected chi connectivity index (χ4v) is 1.84. The number of hydrogen-bond donors (Lipinski definition) is 0. The summed E-state index contributed by atoms with van der Waals surface area (Å²) in [5.74, 6) is 1.49. The molecule has 1 aliphatic rings. The Morgan fingerprint density at radius 1 is 1.50 bits per heavy atom. The van der Waals surface area contributed by atoms with Gasteiger partial charge in [0.1, 0.15) is 11.5 Å². The van der Waals surface area contributed by atoms with Crippen molar-refractivity contribution in [2.24, 2.45) is 0 Å². The summed E-state index contributed by atoms with van der Waals surface area (Å²) in [4.78, 5) is 11.3. The van der Waals surface area contributed by atoms with Gasteiger partial charge in [-0.2, -0.15) is 0 Å². The second kappa shape index (κ2) is 4.56. The van der Waals surface area contributed by atoms with Gasteiger partial charge >= 0.3 is 5.97 Å². The standard InChI is InChI=1S/C13H16O3/c1-3-6-15-10-4-5-11-9(2)7-13(14)16-12(11)8-10/h4-5,8-9H,3,6-7H2,1-2H3. The van der Waals surface area contributed by atoms with Gasteiger partial charge in [-0.25, -0.2) is 0 Å². The summed E-state index contributed by atoms with van der Waals surface area (Å²) in [5, 5.41) is 0. The molecule has 1 heterocycles. The molecule has 0 aromatic heterocycles. The first-order chi connectivity index (χ1) is 7.70. The topological polar surface area (TPSA) is 35.5 Å². The summed E-state index contributed by atoms with van der Waals surface area (Å²) < 4.78 is 10.7. The molecule has 1 unspecified atom stereocenters. The predicted molar refractivity (Wildman–Crippen MR) is 60.9 cm³/mol. The predicted octanol–water partition coefficient (Wildman–Crippen LogP) is 2.89. The van der Waals surface area contributed by atoms with Crippen molar-refractivity contribution in [1.82, 2.24) is 0 Å². The summed E-state index contributed by atoms with van der Waals surface area (Å²) in [6, 6.07) is 5.72. The number of fused-ring (bicyclic) bond motifs is 1. The van der Waals surface area contributed by atoms with Gasteiger partial charge in [0.05, 0.1) is 13.0 Å². The lowest BCUT2D eigenvalue weighted by atomic mass is 9.95. The SMILES string of the molecule is CCCOc1ccc2c(c1)OC(=O)CC2C. The molecule has 0 fully saturated rings. The van der Waals surface area contributed by atoms with Crippen LogP contribution in [0, 0.1) is 0 Å². The van der Waals surface area contributed by atoms with E-state index in [-0.39, 0.29) is 11.9 Å². The molecule has 0 aliphatic carbocycles. The molecule has 3 nitrogen and oxygen atoms in total. The van der Waals surface area contributed by atoms with Gasteiger partial charge in [-0.1, -0.05) is 19.9 Å². The maximum Gasteiger partial charge on any atom is 0.311 e. The highest BCUT2D eigenvalue weighted by Crippen LogP contribution is 2.36. The number of ether oxygens (including phenoxy) is 2. The summed E-state index contributed by atoms with van der Waals surface area (Å²) in [6.45, 7) is 4.77. The molecule has 0 spiro atoms. The Morgan fingerprint density at radius 3 is 3.06 bits per heavy atom. The van der Waals surface area contributed by atoms with E-state index in [1.54, 1.807) is 6.07 Å². The Hall–Kier alpha value is -1.51. The fraction of sp³-hybridized carbons (Fsp3) is 0.462. The molecule has 0 radical (unpaired) electrons. The largest absolute Gasteiger partial charge is 0.493 e. The Bertz CT molecular complexity index is 398. The van der Waals surface area contributed by atoms with Gasteiger partial charge in [-0.15, -0.1) is 0 Å². The van der Waals surface area contributed by atoms with Crippen LogP contribution in [-0.4, -0.2) is 12.6 Å². The maximum atomic E-state index is 11.3. The van der Waals surface area contributed by atoms with Gasteiger partial charge in [-0.3, -0.25) is 4.79 Å². The fourth-order valence-electron chi connectivity index (χ4n) is 1.84. The molecular weight excluding hydrogens is 204 g/mol. The minimum atomic E-state index is -0.160. The lowest BCUT2D eigenvalue weighted by Gasteiger charge is -2.21. The van der Waals surface area contributed by atoms with Crippen LogP contribution >= 0.6 is 0 Å². The second-order valence-electron chi connectivity index (χ2n) is 4.13. The molecule has 1 atom stereocenters. The monoisotopic (exact) mass is 220 g/mol. The van der Waals surface area contributed by atoms with Gasteiger partial charge in [0.2, 0.25) is 0 Å². The maximum absolute atomic E-state index is 11.3. The molecule has 0 saturated carbocycles. The lowest BCUT2D eigenvalue weighted by molar-refractivity contribution is -0.135. The van der Waals surface area contributed by atoms with E-state index in [0.717, 1.165) is 17.7 Å². The second-order valence-corrected chi connectivity index (χ2v) is 4.13. The van der Waals surface area contributed by atoms with Crippen LogP contribution in [0.5, 0.6) is 11.5 Å². The van der Waals surface area contributed by atoms with Crippen molar-refractivity contribution in [3.8, 4) is 11.5 Å². The molecule has 1 aromatic rings. The zero-order valence-corrected chi connectivity index (χ0v) is 9.66. The van der Waals surface area contributed by atoms with E-state index in [4.69, 9.17) is 9.47 Å². The van der Waals surface area contributed by atoms with E-state index >= 15 is 0 Å². The van der Waals surface area contributed by atoms with Crippen molar-refractivity contribution < 1.29 is 14.3 Å². The molecule has 1 aliphatic heterocycles. The van der Waals surface area contributed by atoms with Crippen LogP contribution in [0.15, 0.2) is 18.2 Å².